The first-order chi connectivity index (χ1) is 14.5. The third-order valence-corrected chi connectivity index (χ3v) is 4.70. The van der Waals surface area contributed by atoms with E-state index >= 15 is 0 Å². The van der Waals surface area contributed by atoms with Gasteiger partial charge in [-0.15, -0.1) is 0 Å². The monoisotopic (exact) mass is 400 g/mol. The molecule has 0 aliphatic carbocycles. The highest BCUT2D eigenvalue weighted by atomic mass is 16.5. The number of carbonyl (C=O) groups excluding carboxylic acids is 1. The Labute approximate surface area is 173 Å². The van der Waals surface area contributed by atoms with Crippen molar-refractivity contribution < 1.29 is 24.5 Å². The zero-order chi connectivity index (χ0) is 21.1. The van der Waals surface area contributed by atoms with E-state index in [1.54, 1.807) is 61.5 Å². The summed E-state index contributed by atoms with van der Waals surface area (Å²) in [6.45, 7) is 1.74. The van der Waals surface area contributed by atoms with Gasteiger partial charge in [-0.25, -0.2) is 0 Å². The van der Waals surface area contributed by atoms with Gasteiger partial charge in [0.1, 0.15) is 28.7 Å². The predicted octanol–water partition coefficient (Wildman–Crippen LogP) is 6.03. The molecule has 0 fully saturated rings. The van der Waals surface area contributed by atoms with E-state index in [1.165, 1.54) is 0 Å². The van der Waals surface area contributed by atoms with Crippen molar-refractivity contribution in [1.82, 2.24) is 0 Å². The number of benzene rings is 4. The average molecular weight is 400 g/mol. The Morgan fingerprint density at radius 3 is 2.17 bits per heavy atom. The second kappa shape index (κ2) is 8.17. The van der Waals surface area contributed by atoms with Crippen molar-refractivity contribution in [3.05, 3.63) is 78.9 Å². The zero-order valence-corrected chi connectivity index (χ0v) is 16.3. The number of phenols is 2. The largest absolute Gasteiger partial charge is 0.508 e. The summed E-state index contributed by atoms with van der Waals surface area (Å²) in [6.07, 6.45) is 0.303. The Morgan fingerprint density at radius 1 is 0.800 bits per heavy atom. The van der Waals surface area contributed by atoms with Crippen LogP contribution in [0.15, 0.2) is 78.9 Å². The summed E-state index contributed by atoms with van der Waals surface area (Å²) in [4.78, 5) is 11.5. The molecule has 0 spiro atoms. The number of hydrogen-bond donors (Lipinski definition) is 2. The van der Waals surface area contributed by atoms with Crippen LogP contribution in [0.5, 0.6) is 28.7 Å². The van der Waals surface area contributed by atoms with E-state index in [9.17, 15) is 15.0 Å². The van der Waals surface area contributed by atoms with Crippen LogP contribution in [0.25, 0.3) is 21.9 Å². The number of rotatable bonds is 5. The number of phenolic OH excluding ortho intramolecular Hbond substituents is 2. The van der Waals surface area contributed by atoms with Crippen molar-refractivity contribution in [1.29, 1.82) is 0 Å². The van der Waals surface area contributed by atoms with Crippen molar-refractivity contribution >= 4 is 16.7 Å². The Hall–Kier alpha value is -3.99. The SMILES string of the molecule is CCC(=O)Oc1ccc(Oc2c(-c3ccc(O)cc3)ccc3cc(O)ccc23)cc1. The molecule has 0 heterocycles. The number of carbonyl (C=O) groups is 1. The molecule has 0 radical (unpaired) electrons. The second-order valence-corrected chi connectivity index (χ2v) is 6.80. The number of ether oxygens (including phenoxy) is 2. The minimum Gasteiger partial charge on any atom is -0.508 e. The molecule has 0 unspecified atom stereocenters. The van der Waals surface area contributed by atoms with E-state index in [-0.39, 0.29) is 17.5 Å². The molecule has 0 aliphatic rings. The molecule has 4 aromatic carbocycles. The average Bonchev–Trinajstić information content (AvgIpc) is 2.75. The number of fused-ring (bicyclic) bond motifs is 1. The summed E-state index contributed by atoms with van der Waals surface area (Å²) < 4.78 is 11.5. The van der Waals surface area contributed by atoms with Crippen molar-refractivity contribution in [3.63, 3.8) is 0 Å². The van der Waals surface area contributed by atoms with Gasteiger partial charge in [0.15, 0.2) is 0 Å². The van der Waals surface area contributed by atoms with E-state index < -0.39 is 0 Å². The highest BCUT2D eigenvalue weighted by Crippen LogP contribution is 2.41. The topological polar surface area (TPSA) is 76.0 Å². The van der Waals surface area contributed by atoms with E-state index in [0.29, 0.717) is 23.7 Å². The quantitative estimate of drug-likeness (QED) is 0.316. The fourth-order valence-electron chi connectivity index (χ4n) is 3.16. The van der Waals surface area contributed by atoms with Gasteiger partial charge in [0.25, 0.3) is 0 Å². The molecule has 0 amide bonds. The van der Waals surface area contributed by atoms with Gasteiger partial charge in [-0.3, -0.25) is 4.79 Å². The van der Waals surface area contributed by atoms with E-state index in [1.807, 2.05) is 24.3 Å². The Bertz CT molecular complexity index is 1190. The van der Waals surface area contributed by atoms with E-state index in [0.717, 1.165) is 21.9 Å². The van der Waals surface area contributed by atoms with Crippen molar-refractivity contribution in [2.75, 3.05) is 0 Å². The Balaban J connectivity index is 1.76. The van der Waals surface area contributed by atoms with Crippen LogP contribution in [0, 0.1) is 0 Å². The van der Waals surface area contributed by atoms with Gasteiger partial charge in [-0.2, -0.15) is 0 Å². The normalized spacial score (nSPS) is 10.7. The van der Waals surface area contributed by atoms with Crippen LogP contribution in [0.1, 0.15) is 13.3 Å². The maximum atomic E-state index is 11.5. The molecular weight excluding hydrogens is 380 g/mol. The first-order valence-corrected chi connectivity index (χ1v) is 9.57. The lowest BCUT2D eigenvalue weighted by Gasteiger charge is -2.15. The van der Waals surface area contributed by atoms with Gasteiger partial charge in [0.2, 0.25) is 0 Å². The molecule has 0 saturated heterocycles. The number of hydrogen-bond acceptors (Lipinski definition) is 5. The zero-order valence-electron chi connectivity index (χ0n) is 16.3. The first-order valence-electron chi connectivity index (χ1n) is 9.57. The molecule has 4 aromatic rings. The Kier molecular flexibility index (Phi) is 5.26. The van der Waals surface area contributed by atoms with E-state index in [4.69, 9.17) is 9.47 Å². The highest BCUT2D eigenvalue weighted by Gasteiger charge is 2.13. The van der Waals surface area contributed by atoms with Crippen LogP contribution in [-0.2, 0) is 4.79 Å². The lowest BCUT2D eigenvalue weighted by Crippen LogP contribution is -2.05. The van der Waals surface area contributed by atoms with Gasteiger partial charge in [0.05, 0.1) is 0 Å². The molecule has 0 bridgehead atoms. The fourth-order valence-corrected chi connectivity index (χ4v) is 3.16. The minimum atomic E-state index is -0.299. The second-order valence-electron chi connectivity index (χ2n) is 6.80. The highest BCUT2D eigenvalue weighted by molar-refractivity contribution is 5.96. The first kappa shape index (κ1) is 19.3. The van der Waals surface area contributed by atoms with Crippen LogP contribution >= 0.6 is 0 Å². The predicted molar refractivity (Wildman–Crippen MR) is 115 cm³/mol. The van der Waals surface area contributed by atoms with Crippen molar-refractivity contribution in [2.45, 2.75) is 13.3 Å². The van der Waals surface area contributed by atoms with Crippen LogP contribution < -0.4 is 9.47 Å². The molecule has 0 saturated carbocycles. The fraction of sp³-hybridized carbons (Fsp3) is 0.0800. The summed E-state index contributed by atoms with van der Waals surface area (Å²) in [5, 5.41) is 21.1. The lowest BCUT2D eigenvalue weighted by molar-refractivity contribution is -0.134. The molecule has 4 rings (SSSR count). The van der Waals surface area contributed by atoms with Gasteiger partial charge in [-0.05, 0) is 71.6 Å². The molecule has 5 nitrogen and oxygen atoms in total. The number of aromatic hydroxyl groups is 2. The third kappa shape index (κ3) is 4.05. The Morgan fingerprint density at radius 2 is 1.47 bits per heavy atom. The summed E-state index contributed by atoms with van der Waals surface area (Å²) >= 11 is 0. The molecule has 2 N–H and O–H groups in total. The van der Waals surface area contributed by atoms with Crippen molar-refractivity contribution in [2.24, 2.45) is 0 Å². The summed E-state index contributed by atoms with van der Waals surface area (Å²) in [5.41, 5.74) is 1.72. The molecule has 0 atom stereocenters. The minimum absolute atomic E-state index is 0.174. The number of esters is 1. The maximum absolute atomic E-state index is 11.5. The smallest absolute Gasteiger partial charge is 0.310 e. The summed E-state index contributed by atoms with van der Waals surface area (Å²) in [6, 6.07) is 22.6. The molecule has 30 heavy (non-hydrogen) atoms. The molecule has 150 valence electrons. The van der Waals surface area contributed by atoms with Crippen molar-refractivity contribution in [3.8, 4) is 39.9 Å². The lowest BCUT2D eigenvalue weighted by atomic mass is 9.99. The van der Waals surface area contributed by atoms with Crippen LogP contribution in [0.3, 0.4) is 0 Å². The molecule has 0 aliphatic heterocycles. The molecule has 0 aromatic heterocycles. The van der Waals surface area contributed by atoms with Crippen LogP contribution in [0.4, 0.5) is 0 Å². The molecule has 5 heteroatoms. The van der Waals surface area contributed by atoms with E-state index in [2.05, 4.69) is 0 Å². The summed E-state index contributed by atoms with van der Waals surface area (Å²) in [7, 11) is 0. The molecular formula is C25H20O5. The summed E-state index contributed by atoms with van der Waals surface area (Å²) in [5.74, 6) is 1.71. The van der Waals surface area contributed by atoms with Gasteiger partial charge in [-0.1, -0.05) is 25.1 Å². The van der Waals surface area contributed by atoms with Gasteiger partial charge < -0.3 is 19.7 Å². The van der Waals surface area contributed by atoms with Crippen LogP contribution in [-0.4, -0.2) is 16.2 Å². The van der Waals surface area contributed by atoms with Crippen LogP contribution in [0.2, 0.25) is 0 Å². The van der Waals surface area contributed by atoms with Gasteiger partial charge >= 0.3 is 5.97 Å². The standard InChI is InChI=1S/C25H20O5/c1-2-24(28)29-20-9-11-21(12-10-20)30-25-22(16-3-6-18(26)7-4-16)13-5-17-15-19(27)8-14-23(17)25/h3-15,26-27H,2H2,1H3. The van der Waals surface area contributed by atoms with Gasteiger partial charge in [0, 0.05) is 17.4 Å². The maximum Gasteiger partial charge on any atom is 0.310 e. The third-order valence-electron chi connectivity index (χ3n) is 4.70.